The molecule has 1 aromatic carbocycles. The molecule has 1 fully saturated rings. The summed E-state index contributed by atoms with van der Waals surface area (Å²) in [6.45, 7) is 5.95. The molecule has 1 heterocycles. The molecule has 2 nitrogen and oxygen atoms in total. The van der Waals surface area contributed by atoms with Crippen LogP contribution in [0.5, 0.6) is 0 Å². The van der Waals surface area contributed by atoms with Crippen LogP contribution in [-0.2, 0) is 0 Å². The van der Waals surface area contributed by atoms with E-state index < -0.39 is 0 Å². The molecule has 1 aliphatic rings. The van der Waals surface area contributed by atoms with Crippen molar-refractivity contribution in [1.29, 1.82) is 0 Å². The van der Waals surface area contributed by atoms with Crippen molar-refractivity contribution in [3.63, 3.8) is 0 Å². The van der Waals surface area contributed by atoms with Crippen LogP contribution < -0.4 is 0 Å². The van der Waals surface area contributed by atoms with E-state index >= 15 is 0 Å². The fourth-order valence-electron chi connectivity index (χ4n) is 2.43. The maximum atomic E-state index is 12.5. The number of nitrogens with zero attached hydrogens (tertiary/aromatic N) is 1. The third kappa shape index (κ3) is 2.68. The minimum absolute atomic E-state index is 0.216. The van der Waals surface area contributed by atoms with Gasteiger partial charge in [0.2, 0.25) is 0 Å². The van der Waals surface area contributed by atoms with Crippen molar-refractivity contribution >= 4 is 5.91 Å². The third-order valence-electron chi connectivity index (χ3n) is 3.73. The molecule has 0 radical (unpaired) electrons. The second kappa shape index (κ2) is 5.35. The van der Waals surface area contributed by atoms with Crippen LogP contribution in [0.15, 0.2) is 18.2 Å². The van der Waals surface area contributed by atoms with Crippen LogP contribution in [0.25, 0.3) is 0 Å². The zero-order valence-corrected chi connectivity index (χ0v) is 10.8. The van der Waals surface area contributed by atoms with Gasteiger partial charge in [0.15, 0.2) is 0 Å². The Balaban J connectivity index is 2.20. The lowest BCUT2D eigenvalue weighted by Gasteiger charge is -2.21. The van der Waals surface area contributed by atoms with Gasteiger partial charge in [0.05, 0.1) is 0 Å². The number of aryl methyl sites for hydroxylation is 1. The van der Waals surface area contributed by atoms with Crippen molar-refractivity contribution in [1.82, 2.24) is 4.90 Å². The molecular formula is C15H21NO. The number of hydrogen-bond donors (Lipinski definition) is 0. The van der Waals surface area contributed by atoms with Crippen LogP contribution in [0, 0.1) is 13.8 Å². The van der Waals surface area contributed by atoms with Crippen LogP contribution in [0.3, 0.4) is 0 Å². The molecule has 0 unspecified atom stereocenters. The second-order valence-corrected chi connectivity index (χ2v) is 4.95. The molecule has 0 saturated carbocycles. The number of hydrogen-bond acceptors (Lipinski definition) is 1. The van der Waals surface area contributed by atoms with Gasteiger partial charge >= 0.3 is 0 Å². The van der Waals surface area contributed by atoms with Gasteiger partial charge in [-0.05, 0) is 43.9 Å². The highest BCUT2D eigenvalue weighted by atomic mass is 16.2. The van der Waals surface area contributed by atoms with Crippen molar-refractivity contribution < 1.29 is 4.79 Å². The van der Waals surface area contributed by atoms with Crippen LogP contribution in [-0.4, -0.2) is 23.9 Å². The predicted octanol–water partition coefficient (Wildman–Crippen LogP) is 3.32. The molecule has 1 amide bonds. The first kappa shape index (κ1) is 12.2. The Kier molecular flexibility index (Phi) is 3.82. The fraction of sp³-hybridized carbons (Fsp3) is 0.533. The molecule has 2 heteroatoms. The molecule has 92 valence electrons. The summed E-state index contributed by atoms with van der Waals surface area (Å²) in [6, 6.07) is 6.00. The number of likely N-dealkylation sites (tertiary alicyclic amines) is 1. The monoisotopic (exact) mass is 231 g/mol. The number of carbonyl (C=O) groups excluding carboxylic acids is 1. The SMILES string of the molecule is Cc1cccc(C(=O)N2CCCCCC2)c1C. The Morgan fingerprint density at radius 1 is 1.06 bits per heavy atom. The topological polar surface area (TPSA) is 20.3 Å². The van der Waals surface area contributed by atoms with E-state index in [1.54, 1.807) is 0 Å². The number of carbonyl (C=O) groups is 1. The zero-order valence-electron chi connectivity index (χ0n) is 10.8. The highest BCUT2D eigenvalue weighted by molar-refractivity contribution is 5.96. The van der Waals surface area contributed by atoms with Gasteiger partial charge in [-0.25, -0.2) is 0 Å². The Bertz CT molecular complexity index is 403. The number of rotatable bonds is 1. The van der Waals surface area contributed by atoms with Gasteiger partial charge in [-0.1, -0.05) is 25.0 Å². The Labute approximate surface area is 104 Å². The largest absolute Gasteiger partial charge is 0.339 e. The predicted molar refractivity (Wildman–Crippen MR) is 70.3 cm³/mol. The summed E-state index contributed by atoms with van der Waals surface area (Å²) in [5.74, 6) is 0.216. The van der Waals surface area contributed by atoms with Crippen molar-refractivity contribution in [3.05, 3.63) is 34.9 Å². The summed E-state index contributed by atoms with van der Waals surface area (Å²) < 4.78 is 0. The fourth-order valence-corrected chi connectivity index (χ4v) is 2.43. The van der Waals surface area contributed by atoms with Gasteiger partial charge in [-0.2, -0.15) is 0 Å². The zero-order chi connectivity index (χ0) is 12.3. The van der Waals surface area contributed by atoms with E-state index in [1.807, 2.05) is 24.0 Å². The molecular weight excluding hydrogens is 210 g/mol. The molecule has 17 heavy (non-hydrogen) atoms. The lowest BCUT2D eigenvalue weighted by Crippen LogP contribution is -2.32. The maximum Gasteiger partial charge on any atom is 0.254 e. The summed E-state index contributed by atoms with van der Waals surface area (Å²) in [5, 5.41) is 0. The molecule has 0 N–H and O–H groups in total. The lowest BCUT2D eigenvalue weighted by molar-refractivity contribution is 0.0761. The lowest BCUT2D eigenvalue weighted by atomic mass is 10.0. The molecule has 0 aliphatic carbocycles. The van der Waals surface area contributed by atoms with Gasteiger partial charge in [0.1, 0.15) is 0 Å². The molecule has 1 aliphatic heterocycles. The molecule has 0 spiro atoms. The summed E-state index contributed by atoms with van der Waals surface area (Å²) in [7, 11) is 0. The molecule has 2 rings (SSSR count). The summed E-state index contributed by atoms with van der Waals surface area (Å²) >= 11 is 0. The average molecular weight is 231 g/mol. The molecule has 0 aromatic heterocycles. The maximum absolute atomic E-state index is 12.5. The second-order valence-electron chi connectivity index (χ2n) is 4.95. The van der Waals surface area contributed by atoms with Crippen LogP contribution in [0.4, 0.5) is 0 Å². The van der Waals surface area contributed by atoms with E-state index in [-0.39, 0.29) is 5.91 Å². The van der Waals surface area contributed by atoms with Crippen molar-refractivity contribution in [2.45, 2.75) is 39.5 Å². The third-order valence-corrected chi connectivity index (χ3v) is 3.73. The Morgan fingerprint density at radius 3 is 2.35 bits per heavy atom. The standard InChI is InChI=1S/C15H21NO/c1-12-8-7-9-14(13(12)2)15(17)16-10-5-3-4-6-11-16/h7-9H,3-6,10-11H2,1-2H3. The van der Waals surface area contributed by atoms with E-state index in [2.05, 4.69) is 13.0 Å². The quantitative estimate of drug-likeness (QED) is 0.726. The minimum Gasteiger partial charge on any atom is -0.339 e. The molecule has 0 bridgehead atoms. The molecule has 1 aromatic rings. The highest BCUT2D eigenvalue weighted by Crippen LogP contribution is 2.17. The van der Waals surface area contributed by atoms with Gasteiger partial charge in [0, 0.05) is 18.7 Å². The number of amides is 1. The van der Waals surface area contributed by atoms with Gasteiger partial charge < -0.3 is 4.90 Å². The van der Waals surface area contributed by atoms with Gasteiger partial charge in [-0.15, -0.1) is 0 Å². The van der Waals surface area contributed by atoms with Gasteiger partial charge in [0.25, 0.3) is 5.91 Å². The Morgan fingerprint density at radius 2 is 1.71 bits per heavy atom. The highest BCUT2D eigenvalue weighted by Gasteiger charge is 2.18. The van der Waals surface area contributed by atoms with E-state index in [4.69, 9.17) is 0 Å². The summed E-state index contributed by atoms with van der Waals surface area (Å²) in [4.78, 5) is 14.5. The van der Waals surface area contributed by atoms with Gasteiger partial charge in [-0.3, -0.25) is 4.79 Å². The van der Waals surface area contributed by atoms with Crippen molar-refractivity contribution in [2.24, 2.45) is 0 Å². The first-order valence-electron chi connectivity index (χ1n) is 6.55. The van der Waals surface area contributed by atoms with Crippen LogP contribution in [0.2, 0.25) is 0 Å². The molecule has 1 saturated heterocycles. The Hall–Kier alpha value is -1.31. The summed E-state index contributed by atoms with van der Waals surface area (Å²) in [5.41, 5.74) is 3.21. The summed E-state index contributed by atoms with van der Waals surface area (Å²) in [6.07, 6.45) is 4.82. The minimum atomic E-state index is 0.216. The van der Waals surface area contributed by atoms with Crippen molar-refractivity contribution in [3.8, 4) is 0 Å². The number of benzene rings is 1. The first-order chi connectivity index (χ1) is 8.20. The normalized spacial score (nSPS) is 16.7. The van der Waals surface area contributed by atoms with Crippen LogP contribution in [0.1, 0.15) is 47.2 Å². The van der Waals surface area contributed by atoms with Crippen molar-refractivity contribution in [2.75, 3.05) is 13.1 Å². The van der Waals surface area contributed by atoms with E-state index in [0.29, 0.717) is 0 Å². The van der Waals surface area contributed by atoms with E-state index in [9.17, 15) is 4.79 Å². The van der Waals surface area contributed by atoms with E-state index in [1.165, 1.54) is 18.4 Å². The molecule has 0 atom stereocenters. The average Bonchev–Trinajstić information content (AvgIpc) is 2.60. The van der Waals surface area contributed by atoms with E-state index in [0.717, 1.165) is 37.1 Å². The first-order valence-corrected chi connectivity index (χ1v) is 6.55. The smallest absolute Gasteiger partial charge is 0.254 e. The van der Waals surface area contributed by atoms with Crippen LogP contribution >= 0.6 is 0 Å².